The Bertz CT molecular complexity index is 922. The number of hydrogen-bond acceptors (Lipinski definition) is 5. The van der Waals surface area contributed by atoms with Gasteiger partial charge in [0.25, 0.3) is 5.91 Å². The van der Waals surface area contributed by atoms with Crippen LogP contribution in [0.1, 0.15) is 36.0 Å². The second-order valence-electron chi connectivity index (χ2n) is 7.14. The first-order valence-corrected chi connectivity index (χ1v) is 9.65. The van der Waals surface area contributed by atoms with Gasteiger partial charge in [-0.25, -0.2) is 15.0 Å². The minimum absolute atomic E-state index is 0.101. The molecule has 0 bridgehead atoms. The van der Waals surface area contributed by atoms with E-state index in [2.05, 4.69) is 19.5 Å². The van der Waals surface area contributed by atoms with E-state index >= 15 is 0 Å². The minimum atomic E-state index is 0.101. The fraction of sp³-hybridized carbons (Fsp3) is 0.333. The van der Waals surface area contributed by atoms with E-state index in [0.29, 0.717) is 11.4 Å². The van der Waals surface area contributed by atoms with Crippen molar-refractivity contribution in [3.63, 3.8) is 0 Å². The van der Waals surface area contributed by atoms with Crippen LogP contribution in [0.15, 0.2) is 55.4 Å². The maximum Gasteiger partial charge on any atom is 0.254 e. The third-order valence-electron chi connectivity index (χ3n) is 5.28. The van der Waals surface area contributed by atoms with E-state index in [1.165, 1.54) is 12.7 Å². The van der Waals surface area contributed by atoms with Gasteiger partial charge >= 0.3 is 0 Å². The van der Waals surface area contributed by atoms with E-state index < -0.39 is 0 Å². The molecule has 1 aliphatic rings. The summed E-state index contributed by atoms with van der Waals surface area (Å²) in [6, 6.07) is 9.58. The number of carbonyl (C=O) groups is 1. The number of imidazole rings is 1. The number of aryl methyl sites for hydroxylation is 1. The van der Waals surface area contributed by atoms with Crippen LogP contribution >= 0.6 is 0 Å². The Morgan fingerprint density at radius 2 is 2.04 bits per heavy atom. The van der Waals surface area contributed by atoms with Gasteiger partial charge in [0.05, 0.1) is 12.0 Å². The summed E-state index contributed by atoms with van der Waals surface area (Å²) >= 11 is 0. The van der Waals surface area contributed by atoms with Crippen molar-refractivity contribution in [2.45, 2.75) is 38.3 Å². The van der Waals surface area contributed by atoms with Gasteiger partial charge in [-0.2, -0.15) is 0 Å². The lowest BCUT2D eigenvalue weighted by molar-refractivity contribution is 0.0595. The van der Waals surface area contributed by atoms with Gasteiger partial charge in [0.15, 0.2) is 0 Å². The summed E-state index contributed by atoms with van der Waals surface area (Å²) in [7, 11) is 0. The van der Waals surface area contributed by atoms with Crippen molar-refractivity contribution < 1.29 is 4.79 Å². The maximum atomic E-state index is 13.1. The Hall–Kier alpha value is -3.22. The van der Waals surface area contributed by atoms with Crippen LogP contribution in [-0.2, 0) is 6.54 Å². The van der Waals surface area contributed by atoms with Crippen LogP contribution in [0.2, 0.25) is 0 Å². The number of benzene rings is 1. The summed E-state index contributed by atoms with van der Waals surface area (Å²) < 4.78 is 2.07. The lowest BCUT2D eigenvalue weighted by Crippen LogP contribution is -2.44. The normalized spacial score (nSPS) is 16.9. The lowest BCUT2D eigenvalue weighted by Gasteiger charge is -2.36. The number of rotatable bonds is 5. The molecule has 7 nitrogen and oxygen atoms in total. The van der Waals surface area contributed by atoms with Crippen LogP contribution in [0.5, 0.6) is 0 Å². The molecule has 144 valence electrons. The van der Waals surface area contributed by atoms with Gasteiger partial charge in [-0.15, -0.1) is 0 Å². The number of piperidine rings is 1. The summed E-state index contributed by atoms with van der Waals surface area (Å²) in [5, 5.41) is 0. The number of nitrogen functional groups attached to an aromatic ring is 1. The van der Waals surface area contributed by atoms with Crippen LogP contribution in [0, 0.1) is 0 Å². The Morgan fingerprint density at radius 3 is 2.79 bits per heavy atom. The molecule has 0 unspecified atom stereocenters. The molecular weight excluding hydrogens is 352 g/mol. The molecule has 1 aliphatic heterocycles. The molecule has 4 rings (SSSR count). The van der Waals surface area contributed by atoms with Gasteiger partial charge in [0.1, 0.15) is 12.1 Å². The van der Waals surface area contributed by atoms with E-state index in [1.807, 2.05) is 41.7 Å². The highest BCUT2D eigenvalue weighted by atomic mass is 16.2. The largest absolute Gasteiger partial charge is 0.384 e. The number of nitrogens with two attached hydrogens (primary N) is 1. The molecular formula is C21H24N6O. The second kappa shape index (κ2) is 8.21. The molecule has 2 aromatic heterocycles. The van der Waals surface area contributed by atoms with Crippen molar-refractivity contribution in [1.29, 1.82) is 0 Å². The number of aromatic nitrogens is 4. The van der Waals surface area contributed by atoms with Gasteiger partial charge in [-0.1, -0.05) is 12.1 Å². The van der Waals surface area contributed by atoms with Crippen LogP contribution in [0.3, 0.4) is 0 Å². The standard InChI is InChI=1S/C21H24N6O/c22-20-13-19(24-14-25-20)16-4-6-17(7-5-16)21(28)27-10-2-1-3-18(27)8-11-26-12-9-23-15-26/h4-7,9,12-15,18H,1-3,8,10-11H2,(H2,22,24,25)/t18-/m0/s1. The molecule has 3 aromatic rings. The van der Waals surface area contributed by atoms with Gasteiger partial charge < -0.3 is 15.2 Å². The summed E-state index contributed by atoms with van der Waals surface area (Å²) in [5.41, 5.74) is 8.11. The third kappa shape index (κ3) is 4.03. The van der Waals surface area contributed by atoms with Crippen LogP contribution in [0.25, 0.3) is 11.3 Å². The molecule has 1 atom stereocenters. The first-order valence-electron chi connectivity index (χ1n) is 9.65. The molecule has 7 heteroatoms. The Kier molecular flexibility index (Phi) is 5.32. The molecule has 0 spiro atoms. The zero-order valence-electron chi connectivity index (χ0n) is 15.7. The molecule has 1 saturated heterocycles. The van der Waals surface area contributed by atoms with E-state index in [-0.39, 0.29) is 11.9 Å². The van der Waals surface area contributed by atoms with Crippen molar-refractivity contribution in [2.24, 2.45) is 0 Å². The first kappa shape index (κ1) is 18.2. The minimum Gasteiger partial charge on any atom is -0.384 e. The highest BCUT2D eigenvalue weighted by molar-refractivity contribution is 5.95. The molecule has 0 aliphatic carbocycles. The van der Waals surface area contributed by atoms with Crippen molar-refractivity contribution in [3.8, 4) is 11.3 Å². The second-order valence-corrected chi connectivity index (χ2v) is 7.14. The topological polar surface area (TPSA) is 89.9 Å². The predicted molar refractivity (Wildman–Crippen MR) is 107 cm³/mol. The smallest absolute Gasteiger partial charge is 0.254 e. The van der Waals surface area contributed by atoms with Crippen molar-refractivity contribution in [2.75, 3.05) is 12.3 Å². The predicted octanol–water partition coefficient (Wildman–Crippen LogP) is 3.01. The molecule has 3 heterocycles. The van der Waals surface area contributed by atoms with Gasteiger partial charge in [0, 0.05) is 48.7 Å². The van der Waals surface area contributed by atoms with E-state index in [4.69, 9.17) is 5.73 Å². The Labute approximate surface area is 164 Å². The van der Waals surface area contributed by atoms with Crippen LogP contribution < -0.4 is 5.73 Å². The fourth-order valence-electron chi connectivity index (χ4n) is 3.76. The Balaban J connectivity index is 1.47. The summed E-state index contributed by atoms with van der Waals surface area (Å²) in [6.07, 6.45) is 11.3. The van der Waals surface area contributed by atoms with Crippen LogP contribution in [0.4, 0.5) is 5.82 Å². The quantitative estimate of drug-likeness (QED) is 0.739. The monoisotopic (exact) mass is 376 g/mol. The molecule has 1 fully saturated rings. The average Bonchev–Trinajstić information content (AvgIpc) is 3.26. The molecule has 1 aromatic carbocycles. The van der Waals surface area contributed by atoms with Gasteiger partial charge in [0.2, 0.25) is 0 Å². The van der Waals surface area contributed by atoms with Crippen molar-refractivity contribution in [1.82, 2.24) is 24.4 Å². The Morgan fingerprint density at radius 1 is 1.18 bits per heavy atom. The highest BCUT2D eigenvalue weighted by Crippen LogP contribution is 2.24. The number of hydrogen-bond donors (Lipinski definition) is 1. The zero-order valence-corrected chi connectivity index (χ0v) is 15.7. The number of anilines is 1. The third-order valence-corrected chi connectivity index (χ3v) is 5.28. The molecule has 0 radical (unpaired) electrons. The lowest BCUT2D eigenvalue weighted by atomic mass is 9.97. The van der Waals surface area contributed by atoms with Gasteiger partial charge in [-0.3, -0.25) is 4.79 Å². The van der Waals surface area contributed by atoms with E-state index in [0.717, 1.165) is 43.6 Å². The first-order chi connectivity index (χ1) is 13.7. The van der Waals surface area contributed by atoms with Crippen molar-refractivity contribution in [3.05, 3.63) is 60.9 Å². The van der Waals surface area contributed by atoms with Gasteiger partial charge in [-0.05, 0) is 37.8 Å². The van der Waals surface area contributed by atoms with Crippen LogP contribution in [-0.4, -0.2) is 42.9 Å². The maximum absolute atomic E-state index is 13.1. The highest BCUT2D eigenvalue weighted by Gasteiger charge is 2.27. The zero-order chi connectivity index (χ0) is 19.3. The molecule has 28 heavy (non-hydrogen) atoms. The van der Waals surface area contributed by atoms with Crippen molar-refractivity contribution >= 4 is 11.7 Å². The summed E-state index contributed by atoms with van der Waals surface area (Å²) in [6.45, 7) is 1.69. The fourth-order valence-corrected chi connectivity index (χ4v) is 3.76. The van der Waals surface area contributed by atoms with E-state index in [9.17, 15) is 4.79 Å². The molecule has 0 saturated carbocycles. The summed E-state index contributed by atoms with van der Waals surface area (Å²) in [5.74, 6) is 0.531. The van der Waals surface area contributed by atoms with E-state index in [1.54, 1.807) is 12.3 Å². The number of carbonyl (C=O) groups excluding carboxylic acids is 1. The SMILES string of the molecule is Nc1cc(-c2ccc(C(=O)N3CCCC[C@H]3CCn3ccnc3)cc2)ncn1. The number of nitrogens with zero attached hydrogens (tertiary/aromatic N) is 5. The molecule has 1 amide bonds. The number of likely N-dealkylation sites (tertiary alicyclic amines) is 1. The summed E-state index contributed by atoms with van der Waals surface area (Å²) in [4.78, 5) is 27.4. The molecule has 2 N–H and O–H groups in total. The number of amides is 1. The average molecular weight is 376 g/mol.